The van der Waals surface area contributed by atoms with Gasteiger partial charge in [-0.3, -0.25) is 9.59 Å². The van der Waals surface area contributed by atoms with E-state index in [1.54, 1.807) is 0 Å². The van der Waals surface area contributed by atoms with Gasteiger partial charge in [-0.15, -0.1) is 0 Å². The highest BCUT2D eigenvalue weighted by molar-refractivity contribution is 5.91. The number of carbonyl (C=O) groups excluding carboxylic acids is 2. The van der Waals surface area contributed by atoms with Crippen LogP contribution in [0.3, 0.4) is 0 Å². The molecule has 4 aliphatic rings. The Bertz CT molecular complexity index is 793. The SMILES string of the molecule is O=C(CC1CCOC2(CCN(C(=O)C3(c4ccccc4)CC3)CC2)C1)N1CCOCC1. The van der Waals surface area contributed by atoms with Crippen LogP contribution in [-0.2, 0) is 24.5 Å². The van der Waals surface area contributed by atoms with Crippen molar-refractivity contribution in [2.45, 2.75) is 56.0 Å². The van der Waals surface area contributed by atoms with E-state index in [-0.39, 0.29) is 16.9 Å². The van der Waals surface area contributed by atoms with E-state index in [1.165, 1.54) is 0 Å². The quantitative estimate of drug-likeness (QED) is 0.743. The molecule has 2 amide bonds. The van der Waals surface area contributed by atoms with Crippen LogP contribution in [0.2, 0.25) is 0 Å². The van der Waals surface area contributed by atoms with E-state index in [0.717, 1.165) is 63.8 Å². The van der Waals surface area contributed by atoms with Crippen molar-refractivity contribution in [1.82, 2.24) is 9.80 Å². The van der Waals surface area contributed by atoms with Crippen LogP contribution in [0.1, 0.15) is 50.5 Å². The van der Waals surface area contributed by atoms with Crippen molar-refractivity contribution in [2.24, 2.45) is 5.92 Å². The molecule has 1 spiro atoms. The predicted molar refractivity (Wildman–Crippen MR) is 117 cm³/mol. The van der Waals surface area contributed by atoms with Gasteiger partial charge in [0.2, 0.25) is 11.8 Å². The highest BCUT2D eigenvalue weighted by atomic mass is 16.5. The van der Waals surface area contributed by atoms with Gasteiger partial charge < -0.3 is 19.3 Å². The molecule has 3 saturated heterocycles. The Morgan fingerprint density at radius 2 is 1.61 bits per heavy atom. The average Bonchev–Trinajstić information content (AvgIpc) is 3.63. The van der Waals surface area contributed by atoms with Gasteiger partial charge in [0, 0.05) is 39.2 Å². The fourth-order valence-corrected chi connectivity index (χ4v) is 5.77. The second-order valence-electron chi connectivity index (χ2n) is 9.83. The average molecular weight is 427 g/mol. The lowest BCUT2D eigenvalue weighted by molar-refractivity contribution is -0.152. The maximum Gasteiger partial charge on any atom is 0.233 e. The molecule has 0 aromatic heterocycles. The monoisotopic (exact) mass is 426 g/mol. The standard InChI is InChI=1S/C25H34N2O4/c28-22(26-13-16-30-17-14-26)18-20-6-15-31-24(19-20)9-11-27(12-10-24)23(29)25(7-8-25)21-4-2-1-3-5-21/h1-5,20H,6-19H2. The molecule has 3 aliphatic heterocycles. The molecule has 1 aromatic rings. The van der Waals surface area contributed by atoms with Crippen LogP contribution in [0.5, 0.6) is 0 Å². The predicted octanol–water partition coefficient (Wildman–Crippen LogP) is 2.75. The van der Waals surface area contributed by atoms with Crippen molar-refractivity contribution >= 4 is 11.8 Å². The minimum Gasteiger partial charge on any atom is -0.378 e. The fraction of sp³-hybridized carbons (Fsp3) is 0.680. The molecular weight excluding hydrogens is 392 g/mol. The summed E-state index contributed by atoms with van der Waals surface area (Å²) in [7, 11) is 0. The Morgan fingerprint density at radius 1 is 0.903 bits per heavy atom. The molecule has 31 heavy (non-hydrogen) atoms. The number of piperidine rings is 1. The lowest BCUT2D eigenvalue weighted by Crippen LogP contribution is -2.53. The number of carbonyl (C=O) groups is 2. The molecular formula is C25H34N2O4. The first-order chi connectivity index (χ1) is 15.1. The molecule has 6 nitrogen and oxygen atoms in total. The number of amides is 2. The van der Waals surface area contributed by atoms with Gasteiger partial charge in [-0.05, 0) is 50.0 Å². The molecule has 0 radical (unpaired) electrons. The first-order valence-electron chi connectivity index (χ1n) is 11.9. The molecule has 1 saturated carbocycles. The van der Waals surface area contributed by atoms with Crippen LogP contribution >= 0.6 is 0 Å². The summed E-state index contributed by atoms with van der Waals surface area (Å²) in [6, 6.07) is 10.3. The third kappa shape index (κ3) is 4.24. The summed E-state index contributed by atoms with van der Waals surface area (Å²) in [6.07, 6.45) is 6.19. The zero-order valence-electron chi connectivity index (χ0n) is 18.4. The van der Waals surface area contributed by atoms with Gasteiger partial charge in [0.05, 0.1) is 24.2 Å². The highest BCUT2D eigenvalue weighted by Crippen LogP contribution is 2.50. The highest BCUT2D eigenvalue weighted by Gasteiger charge is 2.54. The Morgan fingerprint density at radius 3 is 2.29 bits per heavy atom. The summed E-state index contributed by atoms with van der Waals surface area (Å²) in [4.78, 5) is 30.1. The molecule has 168 valence electrons. The maximum absolute atomic E-state index is 13.4. The molecule has 1 unspecified atom stereocenters. The number of hydrogen-bond acceptors (Lipinski definition) is 4. The van der Waals surface area contributed by atoms with Crippen LogP contribution in [0, 0.1) is 5.92 Å². The second-order valence-corrected chi connectivity index (χ2v) is 9.83. The number of nitrogens with zero attached hydrogens (tertiary/aromatic N) is 2. The zero-order valence-corrected chi connectivity index (χ0v) is 18.4. The number of morpholine rings is 1. The molecule has 1 aromatic carbocycles. The van der Waals surface area contributed by atoms with Gasteiger partial charge in [0.15, 0.2) is 0 Å². The molecule has 5 rings (SSSR count). The second kappa shape index (κ2) is 8.55. The minimum absolute atomic E-state index is 0.158. The van der Waals surface area contributed by atoms with Crippen molar-refractivity contribution in [2.75, 3.05) is 46.0 Å². The van der Waals surface area contributed by atoms with E-state index >= 15 is 0 Å². The number of likely N-dealkylation sites (tertiary alicyclic amines) is 1. The van der Waals surface area contributed by atoms with Crippen molar-refractivity contribution in [3.8, 4) is 0 Å². The minimum atomic E-state index is -0.285. The number of hydrogen-bond donors (Lipinski definition) is 0. The topological polar surface area (TPSA) is 59.1 Å². The van der Waals surface area contributed by atoms with Gasteiger partial charge in [-0.2, -0.15) is 0 Å². The van der Waals surface area contributed by atoms with E-state index in [2.05, 4.69) is 17.0 Å². The lowest BCUT2D eigenvalue weighted by Gasteiger charge is -2.47. The molecule has 4 fully saturated rings. The third-order valence-corrected chi connectivity index (χ3v) is 7.87. The van der Waals surface area contributed by atoms with Crippen LogP contribution in [0.4, 0.5) is 0 Å². The molecule has 0 N–H and O–H groups in total. The van der Waals surface area contributed by atoms with Crippen LogP contribution in [0.15, 0.2) is 30.3 Å². The fourth-order valence-electron chi connectivity index (χ4n) is 5.77. The third-order valence-electron chi connectivity index (χ3n) is 7.87. The van der Waals surface area contributed by atoms with Crippen LogP contribution < -0.4 is 0 Å². The first kappa shape index (κ1) is 21.0. The Hall–Kier alpha value is -1.92. The number of benzene rings is 1. The summed E-state index contributed by atoms with van der Waals surface area (Å²) in [5.74, 6) is 0.936. The summed E-state index contributed by atoms with van der Waals surface area (Å²) in [5, 5.41) is 0. The molecule has 3 heterocycles. The lowest BCUT2D eigenvalue weighted by atomic mass is 9.78. The molecule has 0 bridgehead atoms. The number of ether oxygens (including phenoxy) is 2. The van der Waals surface area contributed by atoms with E-state index in [9.17, 15) is 9.59 Å². The number of rotatable bonds is 4. The van der Waals surface area contributed by atoms with E-state index in [0.29, 0.717) is 44.5 Å². The van der Waals surface area contributed by atoms with E-state index < -0.39 is 0 Å². The molecule has 1 aliphatic carbocycles. The van der Waals surface area contributed by atoms with Gasteiger partial charge in [0.1, 0.15) is 0 Å². The van der Waals surface area contributed by atoms with Crippen LogP contribution in [0.25, 0.3) is 0 Å². The molecule has 6 heteroatoms. The smallest absolute Gasteiger partial charge is 0.233 e. The van der Waals surface area contributed by atoms with Crippen molar-refractivity contribution in [3.63, 3.8) is 0 Å². The van der Waals surface area contributed by atoms with Crippen LogP contribution in [-0.4, -0.2) is 73.2 Å². The Kier molecular flexibility index (Phi) is 5.78. The Balaban J connectivity index is 1.17. The molecule has 1 atom stereocenters. The summed E-state index contributed by atoms with van der Waals surface area (Å²) in [6.45, 7) is 4.98. The summed E-state index contributed by atoms with van der Waals surface area (Å²) < 4.78 is 11.7. The summed E-state index contributed by atoms with van der Waals surface area (Å²) in [5.41, 5.74) is 0.719. The maximum atomic E-state index is 13.4. The zero-order chi connectivity index (χ0) is 21.3. The van der Waals surface area contributed by atoms with Gasteiger partial charge in [-0.1, -0.05) is 30.3 Å². The van der Waals surface area contributed by atoms with Gasteiger partial charge >= 0.3 is 0 Å². The van der Waals surface area contributed by atoms with E-state index in [1.807, 2.05) is 23.1 Å². The Labute approximate surface area is 184 Å². The van der Waals surface area contributed by atoms with Gasteiger partial charge in [0.25, 0.3) is 0 Å². The van der Waals surface area contributed by atoms with Crippen molar-refractivity contribution < 1.29 is 19.1 Å². The summed E-state index contributed by atoms with van der Waals surface area (Å²) >= 11 is 0. The van der Waals surface area contributed by atoms with Crippen molar-refractivity contribution in [1.29, 1.82) is 0 Å². The van der Waals surface area contributed by atoms with E-state index in [4.69, 9.17) is 9.47 Å². The first-order valence-corrected chi connectivity index (χ1v) is 11.9. The van der Waals surface area contributed by atoms with Crippen molar-refractivity contribution in [3.05, 3.63) is 35.9 Å². The largest absolute Gasteiger partial charge is 0.378 e. The van der Waals surface area contributed by atoms with Gasteiger partial charge in [-0.25, -0.2) is 0 Å². The normalized spacial score (nSPS) is 27.2.